The monoisotopic (exact) mass is 255 g/mol. The molecule has 0 saturated heterocycles. The topological polar surface area (TPSA) is 45.7 Å². The van der Waals surface area contributed by atoms with E-state index in [1.165, 1.54) is 5.56 Å². The van der Waals surface area contributed by atoms with Crippen LogP contribution >= 0.6 is 0 Å². The molecule has 1 aromatic heterocycles. The molecule has 2 aromatic rings. The van der Waals surface area contributed by atoms with E-state index in [0.29, 0.717) is 0 Å². The fourth-order valence-corrected chi connectivity index (χ4v) is 1.75. The first-order chi connectivity index (χ1) is 9.38. The number of aliphatic hydroxyl groups excluding tert-OH is 1. The maximum atomic E-state index is 9.31. The molecular formula is C16H17NO2. The summed E-state index contributed by atoms with van der Waals surface area (Å²) in [6, 6.07) is 13.6. The van der Waals surface area contributed by atoms with Gasteiger partial charge in [-0.25, -0.2) is 0 Å². The summed E-state index contributed by atoms with van der Waals surface area (Å²) in [7, 11) is 0. The van der Waals surface area contributed by atoms with Crippen molar-refractivity contribution in [3.63, 3.8) is 0 Å². The van der Waals surface area contributed by atoms with Crippen molar-refractivity contribution < 1.29 is 9.52 Å². The van der Waals surface area contributed by atoms with E-state index in [4.69, 9.17) is 4.42 Å². The Bertz CT molecular complexity index is 515. The van der Waals surface area contributed by atoms with Gasteiger partial charge in [-0.3, -0.25) is 4.99 Å². The van der Waals surface area contributed by atoms with E-state index in [9.17, 15) is 5.11 Å². The Balaban J connectivity index is 1.88. The van der Waals surface area contributed by atoms with Crippen molar-refractivity contribution in [2.45, 2.75) is 12.5 Å². The number of benzene rings is 1. The van der Waals surface area contributed by atoms with Crippen LogP contribution in [0.1, 0.15) is 11.3 Å². The van der Waals surface area contributed by atoms with Gasteiger partial charge in [0.2, 0.25) is 0 Å². The lowest BCUT2D eigenvalue weighted by atomic mass is 10.1. The number of rotatable bonds is 6. The Morgan fingerprint density at radius 3 is 2.68 bits per heavy atom. The summed E-state index contributed by atoms with van der Waals surface area (Å²) in [5.41, 5.74) is 1.17. The largest absolute Gasteiger partial charge is 0.465 e. The molecule has 0 fully saturated rings. The molecule has 0 aliphatic heterocycles. The minimum absolute atomic E-state index is 0.0417. The van der Waals surface area contributed by atoms with Crippen molar-refractivity contribution in [1.82, 2.24) is 0 Å². The lowest BCUT2D eigenvalue weighted by Crippen LogP contribution is -2.13. The van der Waals surface area contributed by atoms with Crippen LogP contribution in [0, 0.1) is 0 Å². The molecule has 2 rings (SSSR count). The number of hydrogen-bond donors (Lipinski definition) is 1. The Labute approximate surface area is 112 Å². The molecule has 0 radical (unpaired) electrons. The van der Waals surface area contributed by atoms with Gasteiger partial charge in [-0.15, -0.1) is 0 Å². The maximum Gasteiger partial charge on any atom is 0.126 e. The molecule has 0 aliphatic carbocycles. The lowest BCUT2D eigenvalue weighted by molar-refractivity contribution is 0.266. The lowest BCUT2D eigenvalue weighted by Gasteiger charge is -2.08. The SMILES string of the molecule is OC[C@H](Cc1ccccc1)N=C/C=C/c1ccco1. The van der Waals surface area contributed by atoms with Crippen molar-refractivity contribution in [2.24, 2.45) is 4.99 Å². The van der Waals surface area contributed by atoms with E-state index in [-0.39, 0.29) is 12.6 Å². The predicted octanol–water partition coefficient (Wildman–Crippen LogP) is 2.97. The fourth-order valence-electron chi connectivity index (χ4n) is 1.75. The van der Waals surface area contributed by atoms with Gasteiger partial charge in [0.25, 0.3) is 0 Å². The molecule has 98 valence electrons. The Hall–Kier alpha value is -2.13. The van der Waals surface area contributed by atoms with Crippen LogP contribution in [0.5, 0.6) is 0 Å². The van der Waals surface area contributed by atoms with Gasteiger partial charge in [0.05, 0.1) is 18.9 Å². The average Bonchev–Trinajstić information content (AvgIpc) is 2.96. The van der Waals surface area contributed by atoms with Gasteiger partial charge in [0.1, 0.15) is 5.76 Å². The molecule has 1 heterocycles. The molecule has 0 bridgehead atoms. The standard InChI is InChI=1S/C16H17NO2/c18-13-15(12-14-6-2-1-3-7-14)17-10-4-8-16-9-5-11-19-16/h1-11,15,18H,12-13H2/b8-4+,17-10?/t15-/m0/s1. The summed E-state index contributed by atoms with van der Waals surface area (Å²) in [4.78, 5) is 4.33. The Morgan fingerprint density at radius 2 is 2.00 bits per heavy atom. The predicted molar refractivity (Wildman–Crippen MR) is 77.3 cm³/mol. The van der Waals surface area contributed by atoms with E-state index in [1.807, 2.05) is 54.6 Å². The van der Waals surface area contributed by atoms with Crippen LogP contribution < -0.4 is 0 Å². The van der Waals surface area contributed by atoms with E-state index < -0.39 is 0 Å². The van der Waals surface area contributed by atoms with Gasteiger partial charge in [-0.1, -0.05) is 30.3 Å². The van der Waals surface area contributed by atoms with Gasteiger partial charge in [0.15, 0.2) is 0 Å². The van der Waals surface area contributed by atoms with E-state index in [1.54, 1.807) is 12.5 Å². The molecule has 0 saturated carbocycles. The van der Waals surface area contributed by atoms with Gasteiger partial charge < -0.3 is 9.52 Å². The highest BCUT2D eigenvalue weighted by atomic mass is 16.3. The molecule has 1 N–H and O–H groups in total. The minimum atomic E-state index is -0.108. The minimum Gasteiger partial charge on any atom is -0.465 e. The second kappa shape index (κ2) is 7.34. The quantitative estimate of drug-likeness (QED) is 0.807. The summed E-state index contributed by atoms with van der Waals surface area (Å²) in [5, 5.41) is 9.31. The van der Waals surface area contributed by atoms with E-state index >= 15 is 0 Å². The molecule has 1 atom stereocenters. The van der Waals surface area contributed by atoms with Crippen molar-refractivity contribution in [3.05, 3.63) is 66.1 Å². The molecule has 0 spiro atoms. The van der Waals surface area contributed by atoms with Crippen LogP contribution in [0.2, 0.25) is 0 Å². The van der Waals surface area contributed by atoms with Gasteiger partial charge in [-0.05, 0) is 36.3 Å². The van der Waals surface area contributed by atoms with Gasteiger partial charge in [0, 0.05) is 6.21 Å². The van der Waals surface area contributed by atoms with Crippen LogP contribution in [0.25, 0.3) is 6.08 Å². The normalized spacial score (nSPS) is 13.3. The van der Waals surface area contributed by atoms with Crippen LogP contribution in [-0.2, 0) is 6.42 Å². The number of furan rings is 1. The second-order valence-corrected chi connectivity index (χ2v) is 4.20. The zero-order valence-electron chi connectivity index (χ0n) is 10.6. The van der Waals surface area contributed by atoms with Crippen LogP contribution in [0.4, 0.5) is 0 Å². The molecular weight excluding hydrogens is 238 g/mol. The highest BCUT2D eigenvalue weighted by Crippen LogP contribution is 2.05. The zero-order valence-corrected chi connectivity index (χ0v) is 10.6. The van der Waals surface area contributed by atoms with Crippen molar-refractivity contribution in [1.29, 1.82) is 0 Å². The maximum absolute atomic E-state index is 9.31. The number of hydrogen-bond acceptors (Lipinski definition) is 3. The third kappa shape index (κ3) is 4.56. The van der Waals surface area contributed by atoms with Crippen LogP contribution in [0.3, 0.4) is 0 Å². The molecule has 3 nitrogen and oxygen atoms in total. The van der Waals surface area contributed by atoms with Crippen LogP contribution in [-0.4, -0.2) is 24.0 Å². The van der Waals surface area contributed by atoms with E-state index in [2.05, 4.69) is 4.99 Å². The highest BCUT2D eigenvalue weighted by molar-refractivity contribution is 5.77. The molecule has 1 aromatic carbocycles. The second-order valence-electron chi connectivity index (χ2n) is 4.20. The highest BCUT2D eigenvalue weighted by Gasteiger charge is 2.04. The fraction of sp³-hybridized carbons (Fsp3) is 0.188. The Kier molecular flexibility index (Phi) is 5.14. The summed E-state index contributed by atoms with van der Waals surface area (Å²) in [6.07, 6.45) is 7.71. The number of aliphatic hydroxyl groups is 1. The first kappa shape index (κ1) is 13.3. The third-order valence-electron chi connectivity index (χ3n) is 2.71. The van der Waals surface area contributed by atoms with E-state index in [0.717, 1.165) is 12.2 Å². The average molecular weight is 255 g/mol. The third-order valence-corrected chi connectivity index (χ3v) is 2.71. The van der Waals surface area contributed by atoms with Crippen LogP contribution in [0.15, 0.2) is 64.2 Å². The zero-order chi connectivity index (χ0) is 13.3. The smallest absolute Gasteiger partial charge is 0.126 e. The molecule has 0 unspecified atom stereocenters. The number of aliphatic imine (C=N–C) groups is 1. The van der Waals surface area contributed by atoms with Gasteiger partial charge >= 0.3 is 0 Å². The number of allylic oxidation sites excluding steroid dienone is 1. The van der Waals surface area contributed by atoms with Gasteiger partial charge in [-0.2, -0.15) is 0 Å². The van der Waals surface area contributed by atoms with Crippen molar-refractivity contribution >= 4 is 12.3 Å². The summed E-state index contributed by atoms with van der Waals surface area (Å²) in [5.74, 6) is 0.787. The first-order valence-corrected chi connectivity index (χ1v) is 6.26. The summed E-state index contributed by atoms with van der Waals surface area (Å²) >= 11 is 0. The summed E-state index contributed by atoms with van der Waals surface area (Å²) < 4.78 is 5.16. The van der Waals surface area contributed by atoms with Crippen molar-refractivity contribution in [2.75, 3.05) is 6.61 Å². The molecule has 19 heavy (non-hydrogen) atoms. The molecule has 0 amide bonds. The summed E-state index contributed by atoms with van der Waals surface area (Å²) in [6.45, 7) is 0.0417. The Morgan fingerprint density at radius 1 is 1.16 bits per heavy atom. The van der Waals surface area contributed by atoms with Crippen molar-refractivity contribution in [3.8, 4) is 0 Å². The number of nitrogens with zero attached hydrogens (tertiary/aromatic N) is 1. The molecule has 0 aliphatic rings. The molecule has 3 heteroatoms. The first-order valence-electron chi connectivity index (χ1n) is 6.26.